The van der Waals surface area contributed by atoms with Crippen LogP contribution in [0.25, 0.3) is 22.2 Å². The largest absolute Gasteiger partial charge is 0.506 e. The number of nitrogens with zero attached hydrogens (tertiary/aromatic N) is 2. The van der Waals surface area contributed by atoms with Gasteiger partial charge < -0.3 is 9.63 Å². The van der Waals surface area contributed by atoms with Crippen molar-refractivity contribution in [1.82, 2.24) is 10.1 Å². The summed E-state index contributed by atoms with van der Waals surface area (Å²) in [6.45, 7) is 2.12. The van der Waals surface area contributed by atoms with E-state index < -0.39 is 0 Å². The van der Waals surface area contributed by atoms with Crippen molar-refractivity contribution in [1.29, 1.82) is 0 Å². The molecule has 3 aromatic rings. The summed E-state index contributed by atoms with van der Waals surface area (Å²) >= 11 is 0. The van der Waals surface area contributed by atoms with Crippen LogP contribution in [-0.4, -0.2) is 15.2 Å². The molecule has 3 rings (SSSR count). The number of aromatic hydroxyl groups is 1. The summed E-state index contributed by atoms with van der Waals surface area (Å²) in [5.41, 5.74) is 0.582. The number of benzene rings is 2. The van der Waals surface area contributed by atoms with Gasteiger partial charge in [-0.15, -0.1) is 0 Å². The van der Waals surface area contributed by atoms with Gasteiger partial charge in [0.05, 0.1) is 5.56 Å². The highest BCUT2D eigenvalue weighted by molar-refractivity contribution is 5.93. The minimum absolute atomic E-state index is 0.189. The lowest BCUT2D eigenvalue weighted by molar-refractivity contribution is 0.417. The molecule has 0 amide bonds. The topological polar surface area (TPSA) is 59.2 Å². The highest BCUT2D eigenvalue weighted by Gasteiger charge is 2.14. The molecule has 0 unspecified atom stereocenters. The second kappa shape index (κ2) is 5.33. The lowest BCUT2D eigenvalue weighted by Gasteiger charge is -2.04. The predicted molar refractivity (Wildman–Crippen MR) is 77.5 cm³/mol. The number of aryl methyl sites for hydroxylation is 1. The number of hydrogen-bond donors (Lipinski definition) is 1. The van der Waals surface area contributed by atoms with Crippen molar-refractivity contribution in [2.24, 2.45) is 0 Å². The minimum Gasteiger partial charge on any atom is -0.506 e. The fourth-order valence-electron chi connectivity index (χ4n) is 2.23. The maximum atomic E-state index is 10.4. The SMILES string of the molecule is CCCCc1noc(-c2ccc3ccccc3c2O)n1. The van der Waals surface area contributed by atoms with Gasteiger partial charge in [-0.3, -0.25) is 0 Å². The van der Waals surface area contributed by atoms with Crippen molar-refractivity contribution >= 4 is 10.8 Å². The van der Waals surface area contributed by atoms with Crippen LogP contribution in [0.3, 0.4) is 0 Å². The first-order valence-electron chi connectivity index (χ1n) is 6.83. The molecule has 0 radical (unpaired) electrons. The van der Waals surface area contributed by atoms with Crippen LogP contribution < -0.4 is 0 Å². The third-order valence-electron chi connectivity index (χ3n) is 3.35. The fraction of sp³-hybridized carbons (Fsp3) is 0.250. The molecule has 0 saturated heterocycles. The molecule has 0 bridgehead atoms. The van der Waals surface area contributed by atoms with Crippen molar-refractivity contribution in [3.05, 3.63) is 42.2 Å². The Kier molecular flexibility index (Phi) is 3.37. The molecule has 0 fully saturated rings. The Morgan fingerprint density at radius 1 is 1.15 bits per heavy atom. The zero-order valence-corrected chi connectivity index (χ0v) is 11.3. The average molecular weight is 268 g/mol. The molecule has 20 heavy (non-hydrogen) atoms. The van der Waals surface area contributed by atoms with E-state index in [0.717, 1.165) is 30.0 Å². The van der Waals surface area contributed by atoms with Gasteiger partial charge in [0.2, 0.25) is 0 Å². The van der Waals surface area contributed by atoms with Gasteiger partial charge in [0.1, 0.15) is 5.75 Å². The zero-order valence-electron chi connectivity index (χ0n) is 11.3. The maximum Gasteiger partial charge on any atom is 0.261 e. The van der Waals surface area contributed by atoms with Crippen LogP contribution in [0.5, 0.6) is 5.75 Å². The van der Waals surface area contributed by atoms with E-state index in [0.29, 0.717) is 17.3 Å². The first-order valence-corrected chi connectivity index (χ1v) is 6.83. The highest BCUT2D eigenvalue weighted by atomic mass is 16.5. The summed E-state index contributed by atoms with van der Waals surface area (Å²) in [7, 11) is 0. The van der Waals surface area contributed by atoms with Crippen LogP contribution in [0, 0.1) is 0 Å². The summed E-state index contributed by atoms with van der Waals surface area (Å²) in [5.74, 6) is 1.25. The monoisotopic (exact) mass is 268 g/mol. The first kappa shape index (κ1) is 12.7. The fourth-order valence-corrected chi connectivity index (χ4v) is 2.23. The van der Waals surface area contributed by atoms with Gasteiger partial charge >= 0.3 is 0 Å². The number of phenols is 1. The number of unbranched alkanes of at least 4 members (excludes halogenated alkanes) is 1. The Labute approximate surface area is 117 Å². The Bertz CT molecular complexity index is 734. The van der Waals surface area contributed by atoms with E-state index in [9.17, 15) is 5.11 Å². The molecule has 0 atom stereocenters. The van der Waals surface area contributed by atoms with Gasteiger partial charge in [0, 0.05) is 11.8 Å². The second-order valence-electron chi connectivity index (χ2n) is 4.80. The van der Waals surface area contributed by atoms with Gasteiger partial charge in [-0.25, -0.2) is 0 Å². The molecule has 0 spiro atoms. The summed E-state index contributed by atoms with van der Waals surface area (Å²) in [4.78, 5) is 4.35. The van der Waals surface area contributed by atoms with E-state index in [2.05, 4.69) is 17.1 Å². The van der Waals surface area contributed by atoms with E-state index >= 15 is 0 Å². The van der Waals surface area contributed by atoms with E-state index in [4.69, 9.17) is 4.52 Å². The number of phenolic OH excluding ortho intramolecular Hbond substituents is 1. The van der Waals surface area contributed by atoms with E-state index in [1.807, 2.05) is 36.4 Å². The normalized spacial score (nSPS) is 11.1. The van der Waals surface area contributed by atoms with Crippen LogP contribution in [0.2, 0.25) is 0 Å². The molecule has 0 aliphatic carbocycles. The molecule has 2 aromatic carbocycles. The molecule has 0 aliphatic rings. The zero-order chi connectivity index (χ0) is 13.9. The Morgan fingerprint density at radius 3 is 2.85 bits per heavy atom. The first-order chi connectivity index (χ1) is 9.79. The molecule has 0 saturated carbocycles. The van der Waals surface area contributed by atoms with E-state index in [1.54, 1.807) is 0 Å². The van der Waals surface area contributed by atoms with E-state index in [1.165, 1.54) is 0 Å². The Hall–Kier alpha value is -2.36. The van der Waals surface area contributed by atoms with Crippen molar-refractivity contribution in [2.75, 3.05) is 0 Å². The summed E-state index contributed by atoms with van der Waals surface area (Å²) in [6.07, 6.45) is 2.92. The summed E-state index contributed by atoms with van der Waals surface area (Å²) in [6, 6.07) is 11.4. The number of rotatable bonds is 4. The van der Waals surface area contributed by atoms with Gasteiger partial charge in [0.15, 0.2) is 5.82 Å². The maximum absolute atomic E-state index is 10.4. The quantitative estimate of drug-likeness (QED) is 0.778. The number of fused-ring (bicyclic) bond motifs is 1. The molecular formula is C16H16N2O2. The summed E-state index contributed by atoms with van der Waals surface area (Å²) < 4.78 is 5.26. The lowest BCUT2D eigenvalue weighted by Crippen LogP contribution is -1.87. The molecule has 102 valence electrons. The van der Waals surface area contributed by atoms with Crippen LogP contribution in [0.1, 0.15) is 25.6 Å². The third-order valence-corrected chi connectivity index (χ3v) is 3.35. The Morgan fingerprint density at radius 2 is 2.00 bits per heavy atom. The second-order valence-corrected chi connectivity index (χ2v) is 4.80. The molecule has 0 aliphatic heterocycles. The molecule has 1 heterocycles. The van der Waals surface area contributed by atoms with Crippen LogP contribution >= 0.6 is 0 Å². The van der Waals surface area contributed by atoms with Crippen molar-refractivity contribution in [3.8, 4) is 17.2 Å². The minimum atomic E-state index is 0.189. The van der Waals surface area contributed by atoms with E-state index in [-0.39, 0.29) is 5.75 Å². The lowest BCUT2D eigenvalue weighted by atomic mass is 10.1. The molecule has 4 nitrogen and oxygen atoms in total. The number of aromatic nitrogens is 2. The van der Waals surface area contributed by atoms with Crippen LogP contribution in [0.15, 0.2) is 40.9 Å². The van der Waals surface area contributed by atoms with Gasteiger partial charge in [-0.1, -0.05) is 48.8 Å². The van der Waals surface area contributed by atoms with Crippen LogP contribution in [-0.2, 0) is 6.42 Å². The van der Waals surface area contributed by atoms with Gasteiger partial charge in [0.25, 0.3) is 5.89 Å². The average Bonchev–Trinajstić information content (AvgIpc) is 2.94. The molecule has 1 N–H and O–H groups in total. The van der Waals surface area contributed by atoms with Crippen molar-refractivity contribution in [2.45, 2.75) is 26.2 Å². The molecular weight excluding hydrogens is 252 g/mol. The van der Waals surface area contributed by atoms with Gasteiger partial charge in [-0.2, -0.15) is 4.98 Å². The van der Waals surface area contributed by atoms with Gasteiger partial charge in [-0.05, 0) is 17.9 Å². The van der Waals surface area contributed by atoms with Crippen molar-refractivity contribution < 1.29 is 9.63 Å². The number of hydrogen-bond acceptors (Lipinski definition) is 4. The van der Waals surface area contributed by atoms with Crippen LogP contribution in [0.4, 0.5) is 0 Å². The summed E-state index contributed by atoms with van der Waals surface area (Å²) in [5, 5.41) is 16.1. The third kappa shape index (κ3) is 2.25. The molecule has 1 aromatic heterocycles. The smallest absolute Gasteiger partial charge is 0.261 e. The Balaban J connectivity index is 2.01. The highest BCUT2D eigenvalue weighted by Crippen LogP contribution is 2.34. The standard InChI is InChI=1S/C16H16N2O2/c1-2-3-8-14-17-16(20-18-14)13-10-9-11-6-4-5-7-12(11)15(13)19/h4-7,9-10,19H,2-3,8H2,1H3. The van der Waals surface area contributed by atoms with Crippen molar-refractivity contribution in [3.63, 3.8) is 0 Å². The molecule has 4 heteroatoms. The predicted octanol–water partition coefficient (Wildman–Crippen LogP) is 3.94.